The summed E-state index contributed by atoms with van der Waals surface area (Å²) in [6.45, 7) is 0.559. The fraction of sp³-hybridized carbons (Fsp3) is 0.222. The summed E-state index contributed by atoms with van der Waals surface area (Å²) in [5.41, 5.74) is 2.69. The second-order valence-corrected chi connectivity index (χ2v) is 9.07. The van der Waals surface area contributed by atoms with E-state index in [-0.39, 0.29) is 18.2 Å². The largest absolute Gasteiger partial charge is 0.497 e. The lowest BCUT2D eigenvalue weighted by atomic mass is 10.1. The van der Waals surface area contributed by atoms with E-state index in [9.17, 15) is 9.59 Å². The van der Waals surface area contributed by atoms with Crippen molar-refractivity contribution in [1.29, 1.82) is 0 Å². The minimum Gasteiger partial charge on any atom is -0.497 e. The summed E-state index contributed by atoms with van der Waals surface area (Å²) in [4.78, 5) is 32.4. The van der Waals surface area contributed by atoms with E-state index in [1.165, 1.54) is 17.3 Å². The van der Waals surface area contributed by atoms with Crippen LogP contribution in [0, 0.1) is 0 Å². The van der Waals surface area contributed by atoms with Crippen LogP contribution in [0.15, 0.2) is 89.9 Å². The number of para-hydroxylation sites is 1. The summed E-state index contributed by atoms with van der Waals surface area (Å²) in [7, 11) is 1.59. The van der Waals surface area contributed by atoms with Gasteiger partial charge in [0.2, 0.25) is 11.8 Å². The molecular formula is C27H27N3O3S. The molecule has 3 aromatic rings. The molecule has 0 aromatic heterocycles. The lowest BCUT2D eigenvalue weighted by molar-refractivity contribution is -0.128. The van der Waals surface area contributed by atoms with Crippen LogP contribution in [-0.2, 0) is 16.0 Å². The third kappa shape index (κ3) is 6.26. The highest BCUT2D eigenvalue weighted by Gasteiger charge is 2.38. The summed E-state index contributed by atoms with van der Waals surface area (Å²) in [5, 5.41) is 3.01. The Labute approximate surface area is 204 Å². The van der Waals surface area contributed by atoms with E-state index in [1.807, 2.05) is 48.5 Å². The Balaban J connectivity index is 1.43. The van der Waals surface area contributed by atoms with E-state index in [0.717, 1.165) is 18.5 Å². The molecule has 2 amide bonds. The smallest absolute Gasteiger partial charge is 0.242 e. The SMILES string of the molecule is COc1ccc(NC(=O)C[C@H]2SC(=Nc3ccccc3)N(CCCc3ccccc3)C2=O)cc1. The summed E-state index contributed by atoms with van der Waals surface area (Å²) in [5.74, 6) is 0.436. The minimum absolute atomic E-state index is 0.0716. The Morgan fingerprint density at radius 2 is 1.68 bits per heavy atom. The van der Waals surface area contributed by atoms with E-state index in [2.05, 4.69) is 17.4 Å². The molecule has 0 spiro atoms. The van der Waals surface area contributed by atoms with Crippen molar-refractivity contribution in [2.45, 2.75) is 24.5 Å². The number of carbonyl (C=O) groups is 2. The Morgan fingerprint density at radius 1 is 1.00 bits per heavy atom. The van der Waals surface area contributed by atoms with Gasteiger partial charge < -0.3 is 10.1 Å². The van der Waals surface area contributed by atoms with Gasteiger partial charge in [0.1, 0.15) is 11.0 Å². The number of carbonyl (C=O) groups excluding carboxylic acids is 2. The first-order valence-electron chi connectivity index (χ1n) is 11.2. The third-order valence-corrected chi connectivity index (χ3v) is 6.61. The molecule has 174 valence electrons. The molecule has 1 heterocycles. The first-order valence-corrected chi connectivity index (χ1v) is 12.1. The van der Waals surface area contributed by atoms with Gasteiger partial charge in [0, 0.05) is 18.7 Å². The molecule has 6 nitrogen and oxygen atoms in total. The van der Waals surface area contributed by atoms with Gasteiger partial charge in [-0.3, -0.25) is 14.5 Å². The zero-order valence-corrected chi connectivity index (χ0v) is 19.8. The minimum atomic E-state index is -0.502. The molecule has 4 rings (SSSR count). The number of anilines is 1. The van der Waals surface area contributed by atoms with Crippen molar-refractivity contribution in [3.8, 4) is 5.75 Å². The Kier molecular flexibility index (Phi) is 7.99. The van der Waals surface area contributed by atoms with Gasteiger partial charge in [-0.1, -0.05) is 60.3 Å². The zero-order valence-electron chi connectivity index (χ0n) is 19.0. The standard InChI is InChI=1S/C27H27N3O3S/c1-33-23-16-14-22(15-17-23)28-25(31)19-24-26(32)30(18-8-11-20-9-4-2-5-10-20)27(34-24)29-21-12-6-3-7-13-21/h2-7,9-10,12-17,24H,8,11,18-19H2,1H3,(H,28,31)/t24-/m1/s1. The summed E-state index contributed by atoms with van der Waals surface area (Å²) < 4.78 is 5.15. The lowest BCUT2D eigenvalue weighted by Crippen LogP contribution is -2.34. The van der Waals surface area contributed by atoms with Gasteiger partial charge in [0.05, 0.1) is 12.8 Å². The molecule has 0 saturated carbocycles. The van der Waals surface area contributed by atoms with Crippen LogP contribution in [0.3, 0.4) is 0 Å². The van der Waals surface area contributed by atoms with Crippen LogP contribution in [0.4, 0.5) is 11.4 Å². The quantitative estimate of drug-likeness (QED) is 0.459. The van der Waals surface area contributed by atoms with E-state index < -0.39 is 5.25 Å². The number of hydrogen-bond acceptors (Lipinski definition) is 5. The van der Waals surface area contributed by atoms with E-state index in [0.29, 0.717) is 23.1 Å². The molecule has 1 N–H and O–H groups in total. The van der Waals surface area contributed by atoms with Crippen molar-refractivity contribution < 1.29 is 14.3 Å². The normalized spacial score (nSPS) is 16.6. The van der Waals surface area contributed by atoms with Crippen molar-refractivity contribution in [3.63, 3.8) is 0 Å². The maximum atomic E-state index is 13.2. The van der Waals surface area contributed by atoms with Crippen molar-refractivity contribution in [2.24, 2.45) is 4.99 Å². The van der Waals surface area contributed by atoms with Gasteiger partial charge in [-0.25, -0.2) is 4.99 Å². The number of benzene rings is 3. The Bertz CT molecular complexity index is 1130. The van der Waals surface area contributed by atoms with Gasteiger partial charge in [0.25, 0.3) is 0 Å². The molecule has 0 aliphatic carbocycles. The first-order chi connectivity index (χ1) is 16.6. The van der Waals surface area contributed by atoms with Crippen LogP contribution in [0.5, 0.6) is 5.75 Å². The molecule has 1 saturated heterocycles. The number of rotatable bonds is 9. The highest BCUT2D eigenvalue weighted by molar-refractivity contribution is 8.15. The van der Waals surface area contributed by atoms with Crippen LogP contribution < -0.4 is 10.1 Å². The van der Waals surface area contributed by atoms with Crippen molar-refractivity contribution >= 4 is 40.1 Å². The number of aliphatic imine (C=N–C) groups is 1. The maximum absolute atomic E-state index is 13.2. The number of ether oxygens (including phenoxy) is 1. The van der Waals surface area contributed by atoms with Crippen LogP contribution >= 0.6 is 11.8 Å². The number of nitrogens with zero attached hydrogens (tertiary/aromatic N) is 2. The Hall–Kier alpha value is -3.58. The summed E-state index contributed by atoms with van der Waals surface area (Å²) >= 11 is 1.36. The first kappa shape index (κ1) is 23.6. The fourth-order valence-corrected chi connectivity index (χ4v) is 4.87. The van der Waals surface area contributed by atoms with Crippen LogP contribution in [0.2, 0.25) is 0 Å². The number of hydrogen-bond donors (Lipinski definition) is 1. The third-order valence-electron chi connectivity index (χ3n) is 5.44. The molecule has 7 heteroatoms. The molecule has 0 unspecified atom stereocenters. The van der Waals surface area contributed by atoms with Crippen molar-refractivity contribution in [3.05, 3.63) is 90.5 Å². The second-order valence-electron chi connectivity index (χ2n) is 7.90. The average Bonchev–Trinajstić information content (AvgIpc) is 3.14. The lowest BCUT2D eigenvalue weighted by Gasteiger charge is -2.16. The monoisotopic (exact) mass is 473 g/mol. The topological polar surface area (TPSA) is 71.0 Å². The number of thioether (sulfide) groups is 1. The molecular weight excluding hydrogens is 446 g/mol. The molecule has 3 aromatic carbocycles. The van der Waals surface area contributed by atoms with Crippen LogP contribution in [0.25, 0.3) is 0 Å². The second kappa shape index (κ2) is 11.5. The predicted molar refractivity (Wildman–Crippen MR) is 138 cm³/mol. The molecule has 0 radical (unpaired) electrons. The van der Waals surface area contributed by atoms with Crippen molar-refractivity contribution in [2.75, 3.05) is 19.0 Å². The van der Waals surface area contributed by atoms with Gasteiger partial charge in [-0.15, -0.1) is 0 Å². The highest BCUT2D eigenvalue weighted by atomic mass is 32.2. The van der Waals surface area contributed by atoms with E-state index >= 15 is 0 Å². The zero-order chi connectivity index (χ0) is 23.8. The number of amidine groups is 1. The molecule has 0 bridgehead atoms. The molecule has 1 aliphatic heterocycles. The number of amides is 2. The Morgan fingerprint density at radius 3 is 2.35 bits per heavy atom. The predicted octanol–water partition coefficient (Wildman–Crippen LogP) is 5.29. The maximum Gasteiger partial charge on any atom is 0.242 e. The molecule has 1 atom stereocenters. The molecule has 1 aliphatic rings. The summed E-state index contributed by atoms with van der Waals surface area (Å²) in [6.07, 6.45) is 1.77. The van der Waals surface area contributed by atoms with E-state index in [1.54, 1.807) is 36.3 Å². The van der Waals surface area contributed by atoms with Crippen LogP contribution in [0.1, 0.15) is 18.4 Å². The van der Waals surface area contributed by atoms with Gasteiger partial charge in [0.15, 0.2) is 5.17 Å². The average molecular weight is 474 g/mol. The van der Waals surface area contributed by atoms with Gasteiger partial charge >= 0.3 is 0 Å². The van der Waals surface area contributed by atoms with Gasteiger partial charge in [-0.2, -0.15) is 0 Å². The number of methoxy groups -OCH3 is 1. The molecule has 34 heavy (non-hydrogen) atoms. The fourth-order valence-electron chi connectivity index (χ4n) is 3.68. The summed E-state index contributed by atoms with van der Waals surface area (Å²) in [6, 6.07) is 26.9. The molecule has 1 fully saturated rings. The number of nitrogens with one attached hydrogen (secondary N) is 1. The van der Waals surface area contributed by atoms with Crippen LogP contribution in [-0.4, -0.2) is 40.8 Å². The van der Waals surface area contributed by atoms with Gasteiger partial charge in [-0.05, 0) is 54.8 Å². The number of aryl methyl sites for hydroxylation is 1. The highest BCUT2D eigenvalue weighted by Crippen LogP contribution is 2.32. The van der Waals surface area contributed by atoms with Crippen molar-refractivity contribution in [1.82, 2.24) is 4.90 Å². The van der Waals surface area contributed by atoms with E-state index in [4.69, 9.17) is 9.73 Å².